The van der Waals surface area contributed by atoms with Crippen molar-refractivity contribution in [2.75, 3.05) is 28.7 Å². The van der Waals surface area contributed by atoms with Gasteiger partial charge < -0.3 is 4.90 Å². The van der Waals surface area contributed by atoms with Crippen LogP contribution in [-0.2, 0) is 17.9 Å². The maximum absolute atomic E-state index is 6.20. The minimum Gasteiger partial charge on any atom is -0.347 e. The highest BCUT2D eigenvalue weighted by atomic mass is 35.5. The third-order valence-electron chi connectivity index (χ3n) is 5.75. The fourth-order valence-corrected chi connectivity index (χ4v) is 7.84. The highest BCUT2D eigenvalue weighted by molar-refractivity contribution is 7.97. The summed E-state index contributed by atoms with van der Waals surface area (Å²) in [7, 11) is 2.70. The molecule has 5 rings (SSSR count). The van der Waals surface area contributed by atoms with Gasteiger partial charge >= 0.3 is 0 Å². The van der Waals surface area contributed by atoms with E-state index >= 15 is 0 Å². The molecule has 3 aromatic rings. The predicted molar refractivity (Wildman–Crippen MR) is 132 cm³/mol. The number of para-hydroxylation sites is 1. The van der Waals surface area contributed by atoms with E-state index < -0.39 is 0 Å². The first kappa shape index (κ1) is 20.1. The molecule has 4 heterocycles. The summed E-state index contributed by atoms with van der Waals surface area (Å²) in [5.74, 6) is 4.31. The summed E-state index contributed by atoms with van der Waals surface area (Å²) >= 11 is 7.90. The van der Waals surface area contributed by atoms with Gasteiger partial charge in [-0.3, -0.25) is 0 Å². The number of aromatic nitrogens is 2. The summed E-state index contributed by atoms with van der Waals surface area (Å²) in [5, 5.41) is 1.72. The molecule has 6 heteroatoms. The standard InChI is InChI=1S/C24H26ClN3S2/c1-27-17-19(25)16-21-24(27)29-23(26-21)15-18-9-11-28(22-8-3-2-7-20(18)22)10-6-14-30-12-4-5-13-30/h2-3,7-9,11,15-17H,4-6,10,12-14H2,1H3/q+2/b18-15-. The first-order chi connectivity index (χ1) is 14.7. The van der Waals surface area contributed by atoms with E-state index in [1.165, 1.54) is 53.3 Å². The number of aryl methyl sites for hydroxylation is 1. The Kier molecular flexibility index (Phi) is 5.85. The average molecular weight is 456 g/mol. The number of pyridine rings is 1. The van der Waals surface area contributed by atoms with Crippen LogP contribution in [0.5, 0.6) is 0 Å². The minimum absolute atomic E-state index is 0.685. The third-order valence-corrected chi connectivity index (χ3v) is 9.66. The summed E-state index contributed by atoms with van der Waals surface area (Å²) < 4.78 is 2.05. The molecule has 2 aromatic heterocycles. The lowest BCUT2D eigenvalue weighted by Gasteiger charge is -2.27. The normalized spacial score (nSPS) is 17.9. The van der Waals surface area contributed by atoms with Crippen molar-refractivity contribution in [2.45, 2.75) is 19.3 Å². The quantitative estimate of drug-likeness (QED) is 0.376. The van der Waals surface area contributed by atoms with E-state index in [1.54, 1.807) is 11.3 Å². The van der Waals surface area contributed by atoms with Crippen LogP contribution in [0.15, 0.2) is 48.8 Å². The number of hydrogen-bond acceptors (Lipinski definition) is 3. The van der Waals surface area contributed by atoms with E-state index in [2.05, 4.69) is 52.1 Å². The molecule has 0 unspecified atom stereocenters. The van der Waals surface area contributed by atoms with Gasteiger partial charge in [0.1, 0.15) is 39.9 Å². The molecule has 0 bridgehead atoms. The van der Waals surface area contributed by atoms with Gasteiger partial charge in [0.2, 0.25) is 0 Å². The first-order valence-corrected chi connectivity index (χ1v) is 13.5. The van der Waals surface area contributed by atoms with Gasteiger partial charge in [-0.1, -0.05) is 29.8 Å². The fourth-order valence-electron chi connectivity index (χ4n) is 4.28. The summed E-state index contributed by atoms with van der Waals surface area (Å²) in [6.45, 7) is 1.10. The first-order valence-electron chi connectivity index (χ1n) is 10.5. The zero-order chi connectivity index (χ0) is 20.5. The Morgan fingerprint density at radius 3 is 2.97 bits per heavy atom. The lowest BCUT2D eigenvalue weighted by molar-refractivity contribution is -0.642. The third kappa shape index (κ3) is 4.16. The van der Waals surface area contributed by atoms with E-state index in [0.717, 1.165) is 21.9 Å². The van der Waals surface area contributed by atoms with Gasteiger partial charge in [-0.15, -0.1) is 0 Å². The molecule has 30 heavy (non-hydrogen) atoms. The highest BCUT2D eigenvalue weighted by Crippen LogP contribution is 2.35. The molecule has 3 nitrogen and oxygen atoms in total. The van der Waals surface area contributed by atoms with Crippen LogP contribution in [0.3, 0.4) is 0 Å². The number of benzene rings is 1. The zero-order valence-corrected chi connectivity index (χ0v) is 19.6. The molecule has 0 saturated carbocycles. The molecule has 0 atom stereocenters. The Morgan fingerprint density at radius 2 is 2.10 bits per heavy atom. The summed E-state index contributed by atoms with van der Waals surface area (Å²) in [5.41, 5.74) is 4.75. The number of rotatable bonds is 5. The number of halogens is 1. The van der Waals surface area contributed by atoms with Crippen molar-refractivity contribution in [1.82, 2.24) is 4.98 Å². The van der Waals surface area contributed by atoms with Crippen LogP contribution >= 0.6 is 22.9 Å². The molecule has 1 aromatic carbocycles. The van der Waals surface area contributed by atoms with E-state index in [1.807, 2.05) is 19.3 Å². The Morgan fingerprint density at radius 1 is 1.27 bits per heavy atom. The molecule has 154 valence electrons. The number of hydrogen-bond donors (Lipinski definition) is 0. The molecule has 1 saturated heterocycles. The van der Waals surface area contributed by atoms with Gasteiger partial charge in [-0.2, -0.15) is 4.57 Å². The second-order valence-electron chi connectivity index (χ2n) is 7.92. The summed E-state index contributed by atoms with van der Waals surface area (Å²) in [4.78, 5) is 8.36. The Bertz CT molecular complexity index is 1130. The number of anilines is 1. The fraction of sp³-hybridized carbons (Fsp3) is 0.333. The SMILES string of the molecule is C[n+]1cc(Cl)cc2nc(/C=C3/C=CN(CCC[S+]4CCCC4)c4ccccc43)sc21. The Labute approximate surface area is 190 Å². The van der Waals surface area contributed by atoms with Crippen molar-refractivity contribution >= 4 is 61.5 Å². The van der Waals surface area contributed by atoms with Crippen molar-refractivity contribution in [2.24, 2.45) is 7.05 Å². The van der Waals surface area contributed by atoms with Crippen molar-refractivity contribution in [3.63, 3.8) is 0 Å². The smallest absolute Gasteiger partial charge is 0.289 e. The number of fused-ring (bicyclic) bond motifs is 2. The van der Waals surface area contributed by atoms with Crippen molar-refractivity contribution in [3.8, 4) is 0 Å². The molecule has 2 aliphatic heterocycles. The van der Waals surface area contributed by atoms with Crippen molar-refractivity contribution in [3.05, 3.63) is 64.4 Å². The lowest BCUT2D eigenvalue weighted by Crippen LogP contribution is -2.27. The zero-order valence-electron chi connectivity index (χ0n) is 17.2. The topological polar surface area (TPSA) is 20.0 Å². The maximum Gasteiger partial charge on any atom is 0.289 e. The van der Waals surface area contributed by atoms with Crippen LogP contribution in [0.25, 0.3) is 22.0 Å². The minimum atomic E-state index is 0.685. The number of nitrogens with zero attached hydrogens (tertiary/aromatic N) is 3. The van der Waals surface area contributed by atoms with Gasteiger partial charge in [0, 0.05) is 30.4 Å². The van der Waals surface area contributed by atoms with Crippen LogP contribution < -0.4 is 9.47 Å². The van der Waals surface area contributed by atoms with Crippen LogP contribution in [0.4, 0.5) is 5.69 Å². The molecule has 0 radical (unpaired) electrons. The average Bonchev–Trinajstić information content (AvgIpc) is 3.39. The second kappa shape index (κ2) is 8.74. The van der Waals surface area contributed by atoms with Crippen molar-refractivity contribution < 1.29 is 4.57 Å². The van der Waals surface area contributed by atoms with Crippen LogP contribution in [0.1, 0.15) is 29.8 Å². The van der Waals surface area contributed by atoms with Gasteiger partial charge in [0.05, 0.1) is 0 Å². The molecule has 0 aliphatic carbocycles. The van der Waals surface area contributed by atoms with Gasteiger partial charge in [0.25, 0.3) is 4.83 Å². The van der Waals surface area contributed by atoms with Crippen LogP contribution in [0.2, 0.25) is 5.02 Å². The molecule has 2 aliphatic rings. The van der Waals surface area contributed by atoms with E-state index in [4.69, 9.17) is 16.6 Å². The van der Waals surface area contributed by atoms with Crippen molar-refractivity contribution in [1.29, 1.82) is 0 Å². The molecular weight excluding hydrogens is 430 g/mol. The van der Waals surface area contributed by atoms with E-state index in [0.29, 0.717) is 15.9 Å². The van der Waals surface area contributed by atoms with E-state index in [-0.39, 0.29) is 0 Å². The van der Waals surface area contributed by atoms with Gasteiger partial charge in [-0.25, -0.2) is 4.98 Å². The molecule has 0 spiro atoms. The van der Waals surface area contributed by atoms with Crippen LogP contribution in [-0.4, -0.2) is 28.8 Å². The Hall–Kier alpha value is -1.82. The summed E-state index contributed by atoms with van der Waals surface area (Å²) in [6, 6.07) is 10.7. The Balaban J connectivity index is 1.39. The number of thiazole rings is 1. The predicted octanol–water partition coefficient (Wildman–Crippen LogP) is 5.45. The molecule has 0 amide bonds. The molecular formula is C24H26ClN3S2+2. The monoisotopic (exact) mass is 455 g/mol. The molecule has 0 N–H and O–H groups in total. The number of allylic oxidation sites excluding steroid dienone is 2. The molecule has 1 fully saturated rings. The summed E-state index contributed by atoms with van der Waals surface area (Å²) in [6.07, 6.45) is 12.8. The van der Waals surface area contributed by atoms with Gasteiger partial charge in [-0.05, 0) is 64.9 Å². The van der Waals surface area contributed by atoms with Crippen LogP contribution in [0, 0.1) is 0 Å². The maximum atomic E-state index is 6.20. The van der Waals surface area contributed by atoms with Gasteiger partial charge in [0.15, 0.2) is 6.20 Å². The highest BCUT2D eigenvalue weighted by Gasteiger charge is 2.24. The second-order valence-corrected chi connectivity index (χ2v) is 11.8. The van der Waals surface area contributed by atoms with E-state index in [9.17, 15) is 0 Å². The lowest BCUT2D eigenvalue weighted by atomic mass is 9.99. The largest absolute Gasteiger partial charge is 0.347 e.